The van der Waals surface area contributed by atoms with Crippen LogP contribution in [0.4, 0.5) is 9.18 Å². The zero-order valence-electron chi connectivity index (χ0n) is 14.9. The molecule has 0 bridgehead atoms. The van der Waals surface area contributed by atoms with Gasteiger partial charge in [-0.25, -0.2) is 9.18 Å². The Morgan fingerprint density at radius 2 is 1.92 bits per heavy atom. The summed E-state index contributed by atoms with van der Waals surface area (Å²) in [6.07, 6.45) is 0.596. The van der Waals surface area contributed by atoms with Crippen LogP contribution < -0.4 is 10.6 Å². The number of urea groups is 1. The lowest BCUT2D eigenvalue weighted by atomic mass is 10.1. The lowest BCUT2D eigenvalue weighted by Crippen LogP contribution is -2.53. The van der Waals surface area contributed by atoms with Gasteiger partial charge in [-0.2, -0.15) is 0 Å². The molecule has 1 saturated heterocycles. The van der Waals surface area contributed by atoms with E-state index in [1.807, 2.05) is 24.8 Å². The van der Waals surface area contributed by atoms with Crippen molar-refractivity contribution in [1.29, 1.82) is 0 Å². The second-order valence-corrected chi connectivity index (χ2v) is 6.60. The molecule has 1 aromatic rings. The van der Waals surface area contributed by atoms with Crippen LogP contribution in [0.25, 0.3) is 0 Å². The minimum Gasteiger partial charge on any atom is -0.353 e. The van der Waals surface area contributed by atoms with Crippen molar-refractivity contribution in [3.05, 3.63) is 35.6 Å². The quantitative estimate of drug-likeness (QED) is 0.811. The molecule has 0 unspecified atom stereocenters. The fourth-order valence-corrected chi connectivity index (χ4v) is 2.80. The van der Waals surface area contributed by atoms with E-state index < -0.39 is 0 Å². The smallest absolute Gasteiger partial charge is 0.317 e. The molecule has 0 radical (unpaired) electrons. The van der Waals surface area contributed by atoms with Crippen LogP contribution in [0.5, 0.6) is 0 Å². The lowest BCUT2D eigenvalue weighted by Gasteiger charge is -2.34. The molecular weight excluding hydrogens is 323 g/mol. The SMILES string of the molecule is CC(C)NC(=O)CN1CCN(C(=O)NCCc2cccc(F)c2)CC1. The van der Waals surface area contributed by atoms with E-state index in [1.165, 1.54) is 12.1 Å². The van der Waals surface area contributed by atoms with Crippen molar-refractivity contribution < 1.29 is 14.0 Å². The van der Waals surface area contributed by atoms with Crippen LogP contribution in [0.3, 0.4) is 0 Å². The molecule has 2 N–H and O–H groups in total. The fraction of sp³-hybridized carbons (Fsp3) is 0.556. The molecule has 7 heteroatoms. The highest BCUT2D eigenvalue weighted by atomic mass is 19.1. The average Bonchev–Trinajstić information content (AvgIpc) is 2.54. The molecule has 25 heavy (non-hydrogen) atoms. The number of carbonyl (C=O) groups excluding carboxylic acids is 2. The minimum absolute atomic E-state index is 0.0167. The Hall–Kier alpha value is -2.15. The number of piperazine rings is 1. The summed E-state index contributed by atoms with van der Waals surface area (Å²) < 4.78 is 13.1. The van der Waals surface area contributed by atoms with Crippen LogP contribution in [-0.2, 0) is 11.2 Å². The second-order valence-electron chi connectivity index (χ2n) is 6.60. The van der Waals surface area contributed by atoms with Gasteiger partial charge in [-0.3, -0.25) is 9.69 Å². The van der Waals surface area contributed by atoms with E-state index in [0.717, 1.165) is 5.56 Å². The van der Waals surface area contributed by atoms with Crippen LogP contribution in [0, 0.1) is 5.82 Å². The third-order valence-corrected chi connectivity index (χ3v) is 4.06. The first-order valence-corrected chi connectivity index (χ1v) is 8.73. The van der Waals surface area contributed by atoms with Gasteiger partial charge in [0, 0.05) is 38.8 Å². The van der Waals surface area contributed by atoms with Crippen LogP contribution >= 0.6 is 0 Å². The van der Waals surface area contributed by atoms with Gasteiger partial charge in [0.15, 0.2) is 0 Å². The summed E-state index contributed by atoms with van der Waals surface area (Å²) in [5.41, 5.74) is 0.862. The lowest BCUT2D eigenvalue weighted by molar-refractivity contribution is -0.123. The van der Waals surface area contributed by atoms with Gasteiger partial charge < -0.3 is 15.5 Å². The second kappa shape index (κ2) is 9.36. The molecule has 1 aliphatic rings. The highest BCUT2D eigenvalue weighted by molar-refractivity contribution is 5.78. The number of nitrogens with zero attached hydrogens (tertiary/aromatic N) is 2. The first-order chi connectivity index (χ1) is 11.9. The Bertz CT molecular complexity index is 586. The molecule has 1 aliphatic heterocycles. The topological polar surface area (TPSA) is 64.7 Å². The molecule has 0 saturated carbocycles. The number of rotatable bonds is 6. The third kappa shape index (κ3) is 6.70. The van der Waals surface area contributed by atoms with Gasteiger partial charge in [0.25, 0.3) is 0 Å². The first-order valence-electron chi connectivity index (χ1n) is 8.73. The number of benzene rings is 1. The van der Waals surface area contributed by atoms with Crippen molar-refractivity contribution in [1.82, 2.24) is 20.4 Å². The number of hydrogen-bond donors (Lipinski definition) is 2. The highest BCUT2D eigenvalue weighted by Gasteiger charge is 2.22. The van der Waals surface area contributed by atoms with Crippen molar-refractivity contribution >= 4 is 11.9 Å². The predicted octanol–water partition coefficient (Wildman–Crippen LogP) is 1.22. The molecule has 0 aromatic heterocycles. The van der Waals surface area contributed by atoms with E-state index in [0.29, 0.717) is 45.7 Å². The number of halogens is 1. The first kappa shape index (κ1) is 19.2. The Balaban J connectivity index is 1.66. The largest absolute Gasteiger partial charge is 0.353 e. The fourth-order valence-electron chi connectivity index (χ4n) is 2.80. The van der Waals surface area contributed by atoms with E-state index in [-0.39, 0.29) is 23.8 Å². The number of nitrogens with one attached hydrogen (secondary N) is 2. The predicted molar refractivity (Wildman–Crippen MR) is 94.8 cm³/mol. The molecule has 1 heterocycles. The maximum Gasteiger partial charge on any atom is 0.317 e. The molecule has 2 rings (SSSR count). The van der Waals surface area contributed by atoms with Crippen LogP contribution in [0.1, 0.15) is 19.4 Å². The maximum atomic E-state index is 13.1. The van der Waals surface area contributed by atoms with Gasteiger partial charge in [0.2, 0.25) is 5.91 Å². The van der Waals surface area contributed by atoms with Gasteiger partial charge in [-0.1, -0.05) is 12.1 Å². The molecule has 6 nitrogen and oxygen atoms in total. The van der Waals surface area contributed by atoms with E-state index >= 15 is 0 Å². The molecule has 0 aliphatic carbocycles. The van der Waals surface area contributed by atoms with Crippen molar-refractivity contribution in [2.24, 2.45) is 0 Å². The van der Waals surface area contributed by atoms with Crippen molar-refractivity contribution in [2.45, 2.75) is 26.3 Å². The highest BCUT2D eigenvalue weighted by Crippen LogP contribution is 2.05. The summed E-state index contributed by atoms with van der Waals surface area (Å²) in [6.45, 7) is 7.27. The van der Waals surface area contributed by atoms with Crippen LogP contribution in [0.15, 0.2) is 24.3 Å². The molecule has 0 atom stereocenters. The summed E-state index contributed by atoms with van der Waals surface area (Å²) in [5.74, 6) is -0.246. The Morgan fingerprint density at radius 1 is 1.20 bits per heavy atom. The zero-order chi connectivity index (χ0) is 18.2. The molecule has 138 valence electrons. The minimum atomic E-state index is -0.263. The summed E-state index contributed by atoms with van der Waals surface area (Å²) in [7, 11) is 0. The van der Waals surface area contributed by atoms with E-state index in [4.69, 9.17) is 0 Å². The van der Waals surface area contributed by atoms with Gasteiger partial charge in [-0.05, 0) is 38.0 Å². The molecule has 1 fully saturated rings. The van der Waals surface area contributed by atoms with Gasteiger partial charge in [-0.15, -0.1) is 0 Å². The monoisotopic (exact) mass is 350 g/mol. The maximum absolute atomic E-state index is 13.1. The summed E-state index contributed by atoms with van der Waals surface area (Å²) in [5, 5.41) is 5.74. The van der Waals surface area contributed by atoms with Crippen molar-refractivity contribution in [3.8, 4) is 0 Å². The summed E-state index contributed by atoms with van der Waals surface area (Å²) in [4.78, 5) is 27.7. The van der Waals surface area contributed by atoms with Crippen LogP contribution in [-0.4, -0.2) is 67.0 Å². The van der Waals surface area contributed by atoms with E-state index in [1.54, 1.807) is 11.0 Å². The summed E-state index contributed by atoms with van der Waals surface area (Å²) in [6, 6.07) is 6.42. The Morgan fingerprint density at radius 3 is 2.56 bits per heavy atom. The van der Waals surface area contributed by atoms with Gasteiger partial charge >= 0.3 is 6.03 Å². The zero-order valence-corrected chi connectivity index (χ0v) is 14.9. The number of amides is 3. The normalized spacial score (nSPS) is 15.3. The average molecular weight is 350 g/mol. The number of hydrogen-bond acceptors (Lipinski definition) is 3. The molecular formula is C18H27FN4O2. The van der Waals surface area contributed by atoms with Crippen LogP contribution in [0.2, 0.25) is 0 Å². The van der Waals surface area contributed by atoms with Gasteiger partial charge in [0.05, 0.1) is 6.54 Å². The molecule has 3 amide bonds. The van der Waals surface area contributed by atoms with E-state index in [9.17, 15) is 14.0 Å². The van der Waals surface area contributed by atoms with E-state index in [2.05, 4.69) is 10.6 Å². The standard InChI is InChI=1S/C18H27FN4O2/c1-14(2)21-17(24)13-22-8-10-23(11-9-22)18(25)20-7-6-15-4-3-5-16(19)12-15/h3-5,12,14H,6-11,13H2,1-2H3,(H,20,25)(H,21,24). The van der Waals surface area contributed by atoms with Crippen molar-refractivity contribution in [2.75, 3.05) is 39.3 Å². The van der Waals surface area contributed by atoms with Crippen molar-refractivity contribution in [3.63, 3.8) is 0 Å². The molecule has 1 aromatic carbocycles. The summed E-state index contributed by atoms with van der Waals surface area (Å²) >= 11 is 0. The number of carbonyl (C=O) groups is 2. The Labute approximate surface area is 148 Å². The van der Waals surface area contributed by atoms with Gasteiger partial charge in [0.1, 0.15) is 5.82 Å². The Kier molecular flexibility index (Phi) is 7.18. The third-order valence-electron chi connectivity index (χ3n) is 4.06. The molecule has 0 spiro atoms.